The van der Waals surface area contributed by atoms with E-state index in [0.29, 0.717) is 22.1 Å². The molecule has 0 atom stereocenters. The fourth-order valence-electron chi connectivity index (χ4n) is 4.31. The molecule has 1 N–H and O–H groups in total. The molecule has 0 saturated heterocycles. The number of hydrogen-bond acceptors (Lipinski definition) is 5. The Kier molecular flexibility index (Phi) is 9.52. The van der Waals surface area contributed by atoms with E-state index >= 15 is 0 Å². The Balaban J connectivity index is 0.000000168. The summed E-state index contributed by atoms with van der Waals surface area (Å²) in [4.78, 5) is 23.6. The van der Waals surface area contributed by atoms with E-state index in [-0.39, 0.29) is 0 Å². The molecule has 8 heteroatoms. The van der Waals surface area contributed by atoms with Crippen molar-refractivity contribution in [1.82, 2.24) is 0 Å². The molecule has 4 aromatic carbocycles. The molecular weight excluding hydrogens is 607 g/mol. The summed E-state index contributed by atoms with van der Waals surface area (Å²) in [5.74, 6) is -0.954. The van der Waals surface area contributed by atoms with Crippen LogP contribution in [-0.2, 0) is 14.3 Å². The summed E-state index contributed by atoms with van der Waals surface area (Å²) in [5, 5.41) is 12.6. The van der Waals surface area contributed by atoms with Gasteiger partial charge in [-0.2, -0.15) is 0 Å². The summed E-state index contributed by atoms with van der Waals surface area (Å²) in [6, 6.07) is 34.9. The van der Waals surface area contributed by atoms with Gasteiger partial charge >= 0.3 is 5.97 Å². The van der Waals surface area contributed by atoms with E-state index in [4.69, 9.17) is 33.0 Å². The van der Waals surface area contributed by atoms with E-state index in [9.17, 15) is 9.59 Å². The summed E-state index contributed by atoms with van der Waals surface area (Å²) >= 11 is 15.2. The van der Waals surface area contributed by atoms with Gasteiger partial charge in [-0.05, 0) is 70.4 Å². The molecule has 0 aliphatic heterocycles. The first kappa shape index (κ1) is 29.3. The molecule has 2 heterocycles. The van der Waals surface area contributed by atoms with Crippen molar-refractivity contribution in [1.29, 1.82) is 0 Å². The van der Waals surface area contributed by atoms with E-state index in [0.717, 1.165) is 46.6 Å². The number of carboxylic acid groups (broad SMARTS) is 1. The molecule has 0 aliphatic carbocycles. The molecule has 0 saturated carbocycles. The molecule has 0 amide bonds. The third-order valence-electron chi connectivity index (χ3n) is 6.17. The number of aliphatic carboxylic acids is 1. The highest BCUT2D eigenvalue weighted by molar-refractivity contribution is 7.20. The number of halogens is 2. The van der Waals surface area contributed by atoms with E-state index in [2.05, 4.69) is 6.07 Å². The predicted octanol–water partition coefficient (Wildman–Crippen LogP) is 10.2. The van der Waals surface area contributed by atoms with Gasteiger partial charge in [0.15, 0.2) is 0 Å². The number of benzene rings is 4. The van der Waals surface area contributed by atoms with E-state index in [1.165, 1.54) is 12.3 Å². The van der Waals surface area contributed by atoms with Gasteiger partial charge in [0.05, 0.1) is 0 Å². The van der Waals surface area contributed by atoms with Crippen molar-refractivity contribution >= 4 is 89.6 Å². The Hall–Kier alpha value is -4.20. The molecule has 0 bridgehead atoms. The number of thiophene rings is 2. The van der Waals surface area contributed by atoms with E-state index in [1.54, 1.807) is 22.7 Å². The number of fused-ring (bicyclic) bond motifs is 2. The minimum Gasteiger partial charge on any atom is -0.478 e. The Morgan fingerprint density at radius 2 is 1.14 bits per heavy atom. The molecule has 0 radical (unpaired) electrons. The molecular formula is C34H22Cl2O4S2. The van der Waals surface area contributed by atoms with Gasteiger partial charge in [0.25, 0.3) is 6.47 Å². The first-order valence-corrected chi connectivity index (χ1v) is 15.0. The van der Waals surface area contributed by atoms with Crippen molar-refractivity contribution in [3.8, 4) is 0 Å². The molecule has 0 aliphatic rings. The molecule has 208 valence electrons. The van der Waals surface area contributed by atoms with Gasteiger partial charge in [-0.1, -0.05) is 83.9 Å². The fourth-order valence-corrected chi connectivity index (χ4v) is 6.83. The summed E-state index contributed by atoms with van der Waals surface area (Å²) in [6.45, 7) is 0.424. The average Bonchev–Trinajstić information content (AvgIpc) is 3.61. The Labute approximate surface area is 260 Å². The highest BCUT2D eigenvalue weighted by Gasteiger charge is 2.12. The van der Waals surface area contributed by atoms with Gasteiger partial charge < -0.3 is 9.84 Å². The lowest BCUT2D eigenvalue weighted by molar-refractivity contribution is -0.131. The number of carbonyl (C=O) groups excluding carboxylic acids is 1. The Morgan fingerprint density at radius 1 is 0.667 bits per heavy atom. The number of carbonyl (C=O) groups is 2. The summed E-state index contributed by atoms with van der Waals surface area (Å²) in [5.41, 5.74) is 3.47. The summed E-state index contributed by atoms with van der Waals surface area (Å²) in [7, 11) is 0. The molecule has 4 nitrogen and oxygen atoms in total. The van der Waals surface area contributed by atoms with Gasteiger partial charge in [-0.25, -0.2) is 4.79 Å². The molecule has 42 heavy (non-hydrogen) atoms. The lowest BCUT2D eigenvalue weighted by atomic mass is 10.0. The molecule has 6 rings (SSSR count). The maximum absolute atomic E-state index is 11.1. The van der Waals surface area contributed by atoms with Crippen LogP contribution in [0.3, 0.4) is 0 Å². The second-order valence-corrected chi connectivity index (χ2v) is 12.0. The van der Waals surface area contributed by atoms with Crippen LogP contribution < -0.4 is 0 Å². The standard InChI is InChI=1S/2C17H11ClO2S/c18-14-6-7-16-13(8-14)9-17(21-16)15(10-20-11-19)12-4-2-1-3-5-12;18-13-6-7-15-12(8-13)9-16(21-15)14(10-17(19)20)11-4-2-1-3-5-11/h1-11H;1-10H,(H,19,20)/b15-10-;14-10+. The number of ether oxygens (including phenoxy) is 1. The minimum atomic E-state index is -0.954. The van der Waals surface area contributed by atoms with Crippen LogP contribution in [0.1, 0.15) is 20.9 Å². The SMILES string of the molecule is O=C(O)/C=C(\c1ccccc1)c1cc2cc(Cl)ccc2s1.O=CO/C=C(/c1ccccc1)c1cc2cc(Cl)ccc2s1. The third kappa shape index (κ3) is 7.16. The van der Waals surface area contributed by atoms with Crippen molar-refractivity contribution in [2.24, 2.45) is 0 Å². The highest BCUT2D eigenvalue weighted by atomic mass is 35.5. The van der Waals surface area contributed by atoms with Crippen LogP contribution >= 0.6 is 45.9 Å². The Morgan fingerprint density at radius 3 is 1.62 bits per heavy atom. The topological polar surface area (TPSA) is 63.6 Å². The Bertz CT molecular complexity index is 1920. The van der Waals surface area contributed by atoms with Crippen LogP contribution in [0.5, 0.6) is 0 Å². The van der Waals surface area contributed by atoms with Crippen LogP contribution in [0.15, 0.2) is 122 Å². The zero-order valence-corrected chi connectivity index (χ0v) is 25.0. The first-order chi connectivity index (χ1) is 20.4. The zero-order chi connectivity index (χ0) is 29.5. The normalized spacial score (nSPS) is 11.7. The molecule has 0 spiro atoms. The van der Waals surface area contributed by atoms with Crippen molar-refractivity contribution in [2.45, 2.75) is 0 Å². The van der Waals surface area contributed by atoms with Crippen LogP contribution in [0.2, 0.25) is 10.0 Å². The van der Waals surface area contributed by atoms with Gasteiger partial charge in [-0.3, -0.25) is 4.79 Å². The second kappa shape index (κ2) is 13.6. The van der Waals surface area contributed by atoms with Crippen molar-refractivity contribution in [3.05, 3.63) is 152 Å². The third-order valence-corrected chi connectivity index (χ3v) is 8.94. The quantitative estimate of drug-likeness (QED) is 0.108. The maximum atomic E-state index is 11.1. The lowest BCUT2D eigenvalue weighted by Crippen LogP contribution is -1.92. The van der Waals surface area contributed by atoms with Crippen LogP contribution in [0, 0.1) is 0 Å². The van der Waals surface area contributed by atoms with Gasteiger partial charge in [-0.15, -0.1) is 22.7 Å². The number of carboxylic acids is 1. The average molecular weight is 630 g/mol. The smallest absolute Gasteiger partial charge is 0.328 e. The molecule has 0 unspecified atom stereocenters. The van der Waals surface area contributed by atoms with Crippen LogP contribution in [0.25, 0.3) is 31.3 Å². The largest absolute Gasteiger partial charge is 0.478 e. The second-order valence-electron chi connectivity index (χ2n) is 8.98. The monoisotopic (exact) mass is 628 g/mol. The summed E-state index contributed by atoms with van der Waals surface area (Å²) in [6.07, 6.45) is 2.73. The van der Waals surface area contributed by atoms with E-state index in [1.807, 2.05) is 103 Å². The number of rotatable bonds is 7. The van der Waals surface area contributed by atoms with Gasteiger partial charge in [0.2, 0.25) is 0 Å². The predicted molar refractivity (Wildman–Crippen MR) is 175 cm³/mol. The van der Waals surface area contributed by atoms with Crippen LogP contribution in [-0.4, -0.2) is 17.5 Å². The van der Waals surface area contributed by atoms with Crippen molar-refractivity contribution < 1.29 is 19.4 Å². The lowest BCUT2D eigenvalue weighted by Gasteiger charge is -2.04. The van der Waals surface area contributed by atoms with Crippen molar-refractivity contribution in [2.75, 3.05) is 0 Å². The molecule has 6 aromatic rings. The molecule has 0 fully saturated rings. The molecule has 2 aromatic heterocycles. The van der Waals surface area contributed by atoms with Crippen LogP contribution in [0.4, 0.5) is 0 Å². The van der Waals surface area contributed by atoms with Crippen molar-refractivity contribution in [3.63, 3.8) is 0 Å². The number of hydrogen-bond donors (Lipinski definition) is 1. The van der Waals surface area contributed by atoms with Gasteiger partial charge in [0, 0.05) is 46.4 Å². The van der Waals surface area contributed by atoms with Gasteiger partial charge in [0.1, 0.15) is 6.26 Å². The highest BCUT2D eigenvalue weighted by Crippen LogP contribution is 2.36. The minimum absolute atomic E-state index is 0.424. The summed E-state index contributed by atoms with van der Waals surface area (Å²) < 4.78 is 7.09. The maximum Gasteiger partial charge on any atom is 0.328 e. The first-order valence-electron chi connectivity index (χ1n) is 12.6. The fraction of sp³-hybridized carbons (Fsp3) is 0. The zero-order valence-electron chi connectivity index (χ0n) is 21.9. The van der Waals surface area contributed by atoms with E-state index < -0.39 is 5.97 Å².